The van der Waals surface area contributed by atoms with E-state index in [1.165, 1.54) is 0 Å². The van der Waals surface area contributed by atoms with Crippen LogP contribution in [0.2, 0.25) is 5.02 Å². The summed E-state index contributed by atoms with van der Waals surface area (Å²) < 4.78 is 0. The molecule has 6 heteroatoms. The smallest absolute Gasteiger partial charge is 0.255 e. The Morgan fingerprint density at radius 1 is 1.62 bits per heavy atom. The van der Waals surface area contributed by atoms with Crippen molar-refractivity contribution >= 4 is 23.3 Å². The molecule has 0 aliphatic heterocycles. The van der Waals surface area contributed by atoms with E-state index >= 15 is 0 Å². The van der Waals surface area contributed by atoms with Crippen LogP contribution in [-0.2, 0) is 0 Å². The second-order valence-corrected chi connectivity index (χ2v) is 5.53. The Morgan fingerprint density at radius 3 is 2.95 bits per heavy atom. The molecule has 0 radical (unpaired) electrons. The molecule has 1 fully saturated rings. The Labute approximate surface area is 129 Å². The van der Waals surface area contributed by atoms with Gasteiger partial charge in [0, 0.05) is 25.3 Å². The standard InChI is InChI=1S/C15H19ClN4O/c1-2-7-18-14-13(16)9-11(10-19-14)15(21)20(8-3-6-17)12-4-5-12/h9-10,12H,2-5,7-8H2,1H3,(H,18,19). The highest BCUT2D eigenvalue weighted by Crippen LogP contribution is 2.29. The zero-order valence-electron chi connectivity index (χ0n) is 12.1. The van der Waals surface area contributed by atoms with Crippen LogP contribution >= 0.6 is 11.6 Å². The zero-order valence-corrected chi connectivity index (χ0v) is 12.9. The fourth-order valence-electron chi connectivity index (χ4n) is 2.10. The van der Waals surface area contributed by atoms with Crippen LogP contribution < -0.4 is 5.32 Å². The van der Waals surface area contributed by atoms with Crippen molar-refractivity contribution in [3.8, 4) is 6.07 Å². The van der Waals surface area contributed by atoms with Gasteiger partial charge in [0.05, 0.1) is 23.1 Å². The Kier molecular flexibility index (Phi) is 5.40. The Hall–Kier alpha value is -1.80. The lowest BCUT2D eigenvalue weighted by molar-refractivity contribution is 0.0746. The summed E-state index contributed by atoms with van der Waals surface area (Å²) in [4.78, 5) is 18.5. The van der Waals surface area contributed by atoms with E-state index < -0.39 is 0 Å². The number of rotatable bonds is 7. The summed E-state index contributed by atoms with van der Waals surface area (Å²) >= 11 is 6.17. The SMILES string of the molecule is CCCNc1ncc(C(=O)N(CCC#N)C2CC2)cc1Cl. The van der Waals surface area contributed by atoms with E-state index in [0.717, 1.165) is 25.8 Å². The average Bonchev–Trinajstić information content (AvgIpc) is 3.31. The molecule has 1 heterocycles. The minimum absolute atomic E-state index is 0.0933. The van der Waals surface area contributed by atoms with Crippen LogP contribution in [-0.4, -0.2) is 34.9 Å². The number of amides is 1. The number of aromatic nitrogens is 1. The fourth-order valence-corrected chi connectivity index (χ4v) is 2.33. The molecule has 0 unspecified atom stereocenters. The van der Waals surface area contributed by atoms with Gasteiger partial charge in [-0.25, -0.2) is 4.98 Å². The number of carbonyl (C=O) groups excluding carboxylic acids is 1. The molecule has 0 bridgehead atoms. The quantitative estimate of drug-likeness (QED) is 0.840. The van der Waals surface area contributed by atoms with E-state index in [-0.39, 0.29) is 11.9 Å². The molecule has 2 rings (SSSR count). The second-order valence-electron chi connectivity index (χ2n) is 5.12. The highest BCUT2D eigenvalue weighted by atomic mass is 35.5. The van der Waals surface area contributed by atoms with Crippen molar-refractivity contribution in [2.24, 2.45) is 0 Å². The van der Waals surface area contributed by atoms with Crippen molar-refractivity contribution in [3.05, 3.63) is 22.8 Å². The van der Waals surface area contributed by atoms with Gasteiger partial charge in [0.15, 0.2) is 0 Å². The predicted molar refractivity (Wildman–Crippen MR) is 82.3 cm³/mol. The van der Waals surface area contributed by atoms with Gasteiger partial charge in [-0.15, -0.1) is 0 Å². The van der Waals surface area contributed by atoms with Gasteiger partial charge in [-0.1, -0.05) is 18.5 Å². The molecular weight excluding hydrogens is 288 g/mol. The maximum atomic E-state index is 12.5. The van der Waals surface area contributed by atoms with E-state index in [1.807, 2.05) is 0 Å². The van der Waals surface area contributed by atoms with Gasteiger partial charge in [0.2, 0.25) is 0 Å². The van der Waals surface area contributed by atoms with E-state index in [0.29, 0.717) is 29.4 Å². The molecule has 0 aromatic carbocycles. The average molecular weight is 307 g/mol. The summed E-state index contributed by atoms with van der Waals surface area (Å²) in [6, 6.07) is 4.00. The molecule has 0 atom stereocenters. The van der Waals surface area contributed by atoms with Crippen LogP contribution in [0.5, 0.6) is 0 Å². The number of hydrogen-bond acceptors (Lipinski definition) is 4. The Bertz CT molecular complexity index is 551. The molecule has 1 amide bonds. The Morgan fingerprint density at radius 2 is 2.38 bits per heavy atom. The monoisotopic (exact) mass is 306 g/mol. The largest absolute Gasteiger partial charge is 0.369 e. The minimum atomic E-state index is -0.0933. The fraction of sp³-hybridized carbons (Fsp3) is 0.533. The van der Waals surface area contributed by atoms with Crippen molar-refractivity contribution in [2.75, 3.05) is 18.4 Å². The molecule has 0 spiro atoms. The lowest BCUT2D eigenvalue weighted by Crippen LogP contribution is -2.34. The first-order valence-electron chi connectivity index (χ1n) is 7.24. The molecule has 1 aromatic rings. The molecule has 5 nitrogen and oxygen atoms in total. The van der Waals surface area contributed by atoms with Crippen molar-refractivity contribution in [1.29, 1.82) is 5.26 Å². The van der Waals surface area contributed by atoms with Gasteiger partial charge < -0.3 is 10.2 Å². The topological polar surface area (TPSA) is 69.0 Å². The highest BCUT2D eigenvalue weighted by Gasteiger charge is 2.32. The second kappa shape index (κ2) is 7.28. The van der Waals surface area contributed by atoms with Crippen molar-refractivity contribution in [1.82, 2.24) is 9.88 Å². The van der Waals surface area contributed by atoms with Crippen LogP contribution in [0, 0.1) is 11.3 Å². The van der Waals surface area contributed by atoms with Gasteiger partial charge in [-0.05, 0) is 25.3 Å². The van der Waals surface area contributed by atoms with E-state index in [1.54, 1.807) is 17.2 Å². The number of nitrogens with zero attached hydrogens (tertiary/aromatic N) is 3. The number of nitriles is 1. The number of anilines is 1. The molecule has 21 heavy (non-hydrogen) atoms. The number of halogens is 1. The van der Waals surface area contributed by atoms with Crippen LogP contribution in [0.1, 0.15) is 43.0 Å². The first kappa shape index (κ1) is 15.6. The third kappa shape index (κ3) is 4.08. The normalized spacial score (nSPS) is 13.6. The minimum Gasteiger partial charge on any atom is -0.369 e. The molecule has 0 saturated heterocycles. The summed E-state index contributed by atoms with van der Waals surface area (Å²) in [7, 11) is 0. The first-order valence-corrected chi connectivity index (χ1v) is 7.62. The molecule has 1 N–H and O–H groups in total. The van der Waals surface area contributed by atoms with Crippen LogP contribution in [0.25, 0.3) is 0 Å². The molecule has 112 valence electrons. The third-order valence-corrected chi connectivity index (χ3v) is 3.63. The van der Waals surface area contributed by atoms with Crippen LogP contribution in [0.3, 0.4) is 0 Å². The number of carbonyl (C=O) groups is 1. The summed E-state index contributed by atoms with van der Waals surface area (Å²) in [5.74, 6) is 0.509. The van der Waals surface area contributed by atoms with Crippen molar-refractivity contribution in [2.45, 2.75) is 38.6 Å². The predicted octanol–water partition coefficient (Wildman–Crippen LogP) is 3.08. The Balaban J connectivity index is 2.10. The van der Waals surface area contributed by atoms with Gasteiger partial charge in [-0.2, -0.15) is 5.26 Å². The zero-order chi connectivity index (χ0) is 15.2. The van der Waals surface area contributed by atoms with Crippen LogP contribution in [0.4, 0.5) is 5.82 Å². The number of pyridine rings is 1. The summed E-state index contributed by atoms with van der Waals surface area (Å²) in [6.07, 6.45) is 4.89. The molecule has 1 aliphatic carbocycles. The van der Waals surface area contributed by atoms with Crippen molar-refractivity contribution in [3.63, 3.8) is 0 Å². The molecule has 1 saturated carbocycles. The molecule has 1 aromatic heterocycles. The highest BCUT2D eigenvalue weighted by molar-refractivity contribution is 6.33. The lowest BCUT2D eigenvalue weighted by Gasteiger charge is -2.21. The van der Waals surface area contributed by atoms with E-state index in [9.17, 15) is 4.79 Å². The van der Waals surface area contributed by atoms with Crippen LogP contribution in [0.15, 0.2) is 12.3 Å². The first-order chi connectivity index (χ1) is 10.2. The summed E-state index contributed by atoms with van der Waals surface area (Å²) in [5.41, 5.74) is 0.479. The van der Waals surface area contributed by atoms with E-state index in [2.05, 4.69) is 23.3 Å². The molecular formula is C15H19ClN4O. The number of hydrogen-bond donors (Lipinski definition) is 1. The third-order valence-electron chi connectivity index (χ3n) is 3.34. The van der Waals surface area contributed by atoms with E-state index in [4.69, 9.17) is 16.9 Å². The van der Waals surface area contributed by atoms with Gasteiger partial charge in [0.1, 0.15) is 5.82 Å². The van der Waals surface area contributed by atoms with Crippen molar-refractivity contribution < 1.29 is 4.79 Å². The number of nitrogens with one attached hydrogen (secondary N) is 1. The summed E-state index contributed by atoms with van der Waals surface area (Å²) in [6.45, 7) is 3.31. The molecule has 1 aliphatic rings. The summed E-state index contributed by atoms with van der Waals surface area (Å²) in [5, 5.41) is 12.3. The van der Waals surface area contributed by atoms with Gasteiger partial charge >= 0.3 is 0 Å². The maximum absolute atomic E-state index is 12.5. The van der Waals surface area contributed by atoms with Gasteiger partial charge in [0.25, 0.3) is 5.91 Å². The maximum Gasteiger partial charge on any atom is 0.255 e. The lowest BCUT2D eigenvalue weighted by atomic mass is 10.2. The van der Waals surface area contributed by atoms with Gasteiger partial charge in [-0.3, -0.25) is 4.79 Å².